The highest BCUT2D eigenvalue weighted by Gasteiger charge is 2.34. The van der Waals surface area contributed by atoms with Crippen LogP contribution in [-0.4, -0.2) is 18.4 Å². The first-order valence-electron chi connectivity index (χ1n) is 8.05. The second kappa shape index (κ2) is 8.43. The van der Waals surface area contributed by atoms with Gasteiger partial charge in [0.05, 0.1) is 10.6 Å². The summed E-state index contributed by atoms with van der Waals surface area (Å²) in [5.74, 6) is -1.05. The second-order valence-electron chi connectivity index (χ2n) is 6.03. The topological polar surface area (TPSA) is 49.4 Å². The maximum absolute atomic E-state index is 13.0. The van der Waals surface area contributed by atoms with Gasteiger partial charge in [-0.1, -0.05) is 41.4 Å². The third kappa shape index (κ3) is 5.72. The highest BCUT2D eigenvalue weighted by atomic mass is 35.5. The van der Waals surface area contributed by atoms with Gasteiger partial charge in [-0.3, -0.25) is 9.59 Å². The summed E-state index contributed by atoms with van der Waals surface area (Å²) in [6, 6.07) is 10.6. The summed E-state index contributed by atoms with van der Waals surface area (Å²) in [5.41, 5.74) is 0.836. The molecule has 2 aromatic carbocycles. The molecule has 0 aromatic heterocycles. The van der Waals surface area contributed by atoms with Crippen LogP contribution in [0.25, 0.3) is 0 Å². The number of nitrogens with one attached hydrogen (secondary N) is 1. The average Bonchev–Trinajstić information content (AvgIpc) is 2.58. The van der Waals surface area contributed by atoms with Crippen LogP contribution < -0.4 is 10.2 Å². The molecular formula is C19H18ClF3N2O2. The van der Waals surface area contributed by atoms with Crippen LogP contribution in [0.15, 0.2) is 42.5 Å². The number of carbonyl (C=O) groups is 2. The first kappa shape index (κ1) is 20.8. The highest BCUT2D eigenvalue weighted by Crippen LogP contribution is 2.37. The van der Waals surface area contributed by atoms with E-state index in [4.69, 9.17) is 11.6 Å². The molecule has 2 aromatic rings. The Morgan fingerprint density at radius 1 is 1.11 bits per heavy atom. The number of benzene rings is 2. The summed E-state index contributed by atoms with van der Waals surface area (Å²) in [6.45, 7) is 2.96. The zero-order chi connectivity index (χ0) is 20.2. The quantitative estimate of drug-likeness (QED) is 0.814. The number of carbonyl (C=O) groups excluding carboxylic acids is 2. The van der Waals surface area contributed by atoms with Gasteiger partial charge in [0.1, 0.15) is 6.54 Å². The van der Waals surface area contributed by atoms with Crippen molar-refractivity contribution in [1.82, 2.24) is 5.32 Å². The summed E-state index contributed by atoms with van der Waals surface area (Å²) < 4.78 is 39.1. The smallest absolute Gasteiger partial charge is 0.350 e. The van der Waals surface area contributed by atoms with Crippen molar-refractivity contribution < 1.29 is 22.8 Å². The van der Waals surface area contributed by atoms with Crippen molar-refractivity contribution in [3.05, 3.63) is 64.2 Å². The molecule has 27 heavy (non-hydrogen) atoms. The van der Waals surface area contributed by atoms with Crippen LogP contribution in [0.3, 0.4) is 0 Å². The van der Waals surface area contributed by atoms with Crippen molar-refractivity contribution in [3.8, 4) is 0 Å². The van der Waals surface area contributed by atoms with Crippen molar-refractivity contribution in [3.63, 3.8) is 0 Å². The molecule has 0 heterocycles. The molecular weight excluding hydrogens is 381 g/mol. The van der Waals surface area contributed by atoms with Crippen molar-refractivity contribution >= 4 is 29.1 Å². The van der Waals surface area contributed by atoms with Gasteiger partial charge >= 0.3 is 6.18 Å². The normalized spacial score (nSPS) is 11.2. The van der Waals surface area contributed by atoms with Crippen LogP contribution in [0.1, 0.15) is 23.6 Å². The molecule has 0 spiro atoms. The molecule has 0 radical (unpaired) electrons. The molecule has 0 aliphatic heterocycles. The van der Waals surface area contributed by atoms with E-state index in [1.807, 2.05) is 31.2 Å². The Balaban J connectivity index is 2.12. The van der Waals surface area contributed by atoms with Crippen LogP contribution in [0.4, 0.5) is 18.9 Å². The fourth-order valence-corrected chi connectivity index (χ4v) is 2.61. The third-order valence-corrected chi connectivity index (χ3v) is 4.19. The lowest BCUT2D eigenvalue weighted by Gasteiger charge is -2.22. The molecule has 0 unspecified atom stereocenters. The summed E-state index contributed by atoms with van der Waals surface area (Å²) in [4.78, 5) is 25.0. The molecule has 0 aliphatic carbocycles. The van der Waals surface area contributed by atoms with Crippen LogP contribution in [0.5, 0.6) is 0 Å². The van der Waals surface area contributed by atoms with Gasteiger partial charge in [-0.2, -0.15) is 13.2 Å². The average molecular weight is 399 g/mol. The Morgan fingerprint density at radius 2 is 1.74 bits per heavy atom. The molecule has 0 aliphatic rings. The van der Waals surface area contributed by atoms with Gasteiger partial charge in [-0.15, -0.1) is 0 Å². The second-order valence-corrected chi connectivity index (χ2v) is 6.44. The van der Waals surface area contributed by atoms with E-state index >= 15 is 0 Å². The minimum atomic E-state index is -4.66. The number of anilines is 1. The lowest BCUT2D eigenvalue weighted by atomic mass is 10.1. The van der Waals surface area contributed by atoms with E-state index in [9.17, 15) is 22.8 Å². The Kier molecular flexibility index (Phi) is 6.49. The molecule has 2 amide bonds. The Morgan fingerprint density at radius 3 is 2.30 bits per heavy atom. The molecule has 4 nitrogen and oxygen atoms in total. The fourth-order valence-electron chi connectivity index (χ4n) is 2.39. The predicted molar refractivity (Wildman–Crippen MR) is 97.5 cm³/mol. The number of rotatable bonds is 5. The standard InChI is InChI=1S/C19H18ClF3N2O2/c1-12-3-5-14(6-4-12)10-24-18(27)11-25(13(2)26)15-7-8-17(20)16(9-15)19(21,22)23/h3-9H,10-11H2,1-2H3,(H,24,27). The summed E-state index contributed by atoms with van der Waals surface area (Å²) in [6.07, 6.45) is -4.66. The van der Waals surface area contributed by atoms with Crippen molar-refractivity contribution in [1.29, 1.82) is 0 Å². The maximum Gasteiger partial charge on any atom is 0.417 e. The van der Waals surface area contributed by atoms with Crippen LogP contribution in [0.2, 0.25) is 5.02 Å². The van der Waals surface area contributed by atoms with Gasteiger partial charge in [0.25, 0.3) is 0 Å². The van der Waals surface area contributed by atoms with Gasteiger partial charge in [0.15, 0.2) is 0 Å². The first-order chi connectivity index (χ1) is 12.6. The number of aryl methyl sites for hydroxylation is 1. The van der Waals surface area contributed by atoms with E-state index in [1.165, 1.54) is 13.0 Å². The number of alkyl halides is 3. The van der Waals surface area contributed by atoms with Gasteiger partial charge in [-0.25, -0.2) is 0 Å². The number of hydrogen-bond acceptors (Lipinski definition) is 2. The van der Waals surface area contributed by atoms with Crippen molar-refractivity contribution in [2.75, 3.05) is 11.4 Å². The van der Waals surface area contributed by atoms with Gasteiger partial charge < -0.3 is 10.2 Å². The molecule has 8 heteroatoms. The Bertz CT molecular complexity index is 836. The lowest BCUT2D eigenvalue weighted by molar-refractivity contribution is -0.137. The number of hydrogen-bond donors (Lipinski definition) is 1. The Labute approximate surface area is 159 Å². The number of nitrogens with zero attached hydrogens (tertiary/aromatic N) is 1. The SMILES string of the molecule is CC(=O)N(CC(=O)NCc1ccc(C)cc1)c1ccc(Cl)c(C(F)(F)F)c1. The summed E-state index contributed by atoms with van der Waals surface area (Å²) in [5, 5.41) is 2.18. The van der Waals surface area contributed by atoms with E-state index in [0.717, 1.165) is 28.2 Å². The van der Waals surface area contributed by atoms with E-state index in [2.05, 4.69) is 5.32 Å². The summed E-state index contributed by atoms with van der Waals surface area (Å²) in [7, 11) is 0. The van der Waals surface area contributed by atoms with E-state index in [0.29, 0.717) is 0 Å². The molecule has 144 valence electrons. The maximum atomic E-state index is 13.0. The lowest BCUT2D eigenvalue weighted by Crippen LogP contribution is -2.39. The minimum absolute atomic E-state index is 0.0512. The number of halogens is 4. The van der Waals surface area contributed by atoms with Gasteiger partial charge in [0, 0.05) is 19.2 Å². The number of amides is 2. The first-order valence-corrected chi connectivity index (χ1v) is 8.43. The molecule has 2 rings (SSSR count). The largest absolute Gasteiger partial charge is 0.417 e. The molecule has 0 saturated carbocycles. The van der Waals surface area contributed by atoms with E-state index < -0.39 is 35.1 Å². The van der Waals surface area contributed by atoms with E-state index in [-0.39, 0.29) is 12.2 Å². The Hall–Kier alpha value is -2.54. The van der Waals surface area contributed by atoms with Crippen molar-refractivity contribution in [2.45, 2.75) is 26.6 Å². The van der Waals surface area contributed by atoms with Gasteiger partial charge in [-0.05, 0) is 30.7 Å². The van der Waals surface area contributed by atoms with Crippen LogP contribution >= 0.6 is 11.6 Å². The highest BCUT2D eigenvalue weighted by molar-refractivity contribution is 6.31. The minimum Gasteiger partial charge on any atom is -0.350 e. The molecule has 1 N–H and O–H groups in total. The summed E-state index contributed by atoms with van der Waals surface area (Å²) >= 11 is 5.60. The van der Waals surface area contributed by atoms with Crippen molar-refractivity contribution in [2.24, 2.45) is 0 Å². The zero-order valence-electron chi connectivity index (χ0n) is 14.7. The van der Waals surface area contributed by atoms with Crippen LogP contribution in [-0.2, 0) is 22.3 Å². The van der Waals surface area contributed by atoms with Gasteiger partial charge in [0.2, 0.25) is 11.8 Å². The molecule has 0 fully saturated rings. The van der Waals surface area contributed by atoms with Crippen LogP contribution in [0, 0.1) is 6.92 Å². The predicted octanol–water partition coefficient (Wildman–Crippen LogP) is 4.34. The fraction of sp³-hybridized carbons (Fsp3) is 0.263. The zero-order valence-corrected chi connectivity index (χ0v) is 15.5. The van der Waals surface area contributed by atoms with E-state index in [1.54, 1.807) is 0 Å². The third-order valence-electron chi connectivity index (χ3n) is 3.86. The molecule has 0 bridgehead atoms. The monoisotopic (exact) mass is 398 g/mol. The molecule has 0 saturated heterocycles. The molecule has 0 atom stereocenters.